The van der Waals surface area contributed by atoms with Crippen LogP contribution < -0.4 is 15.4 Å². The van der Waals surface area contributed by atoms with Crippen LogP contribution in [0.15, 0.2) is 21.6 Å². The SMILES string of the molecule is CNS(=O)(=O)c1ccc(C(=O)NC2CCNC2)o1. The normalized spacial score (nSPS) is 19.9. The van der Waals surface area contributed by atoms with Crippen LogP contribution in [0.4, 0.5) is 0 Å². The zero-order chi connectivity index (χ0) is 13.2. The van der Waals surface area contributed by atoms with E-state index in [9.17, 15) is 13.2 Å². The van der Waals surface area contributed by atoms with Crippen molar-refractivity contribution in [3.63, 3.8) is 0 Å². The molecule has 1 atom stereocenters. The summed E-state index contributed by atoms with van der Waals surface area (Å²) in [5.41, 5.74) is 0. The maximum atomic E-state index is 11.8. The molecule has 0 bridgehead atoms. The number of carbonyl (C=O) groups excluding carboxylic acids is 1. The average molecular weight is 273 g/mol. The third-order valence-electron chi connectivity index (χ3n) is 2.73. The molecule has 0 radical (unpaired) electrons. The molecule has 1 amide bonds. The highest BCUT2D eigenvalue weighted by Gasteiger charge is 2.22. The van der Waals surface area contributed by atoms with Crippen LogP contribution in [0.5, 0.6) is 0 Å². The minimum absolute atomic E-state index is 0.00396. The van der Waals surface area contributed by atoms with E-state index in [0.717, 1.165) is 13.0 Å². The van der Waals surface area contributed by atoms with Crippen molar-refractivity contribution in [1.82, 2.24) is 15.4 Å². The van der Waals surface area contributed by atoms with E-state index in [4.69, 9.17) is 4.42 Å². The molecule has 0 spiro atoms. The van der Waals surface area contributed by atoms with Crippen molar-refractivity contribution in [3.05, 3.63) is 17.9 Å². The molecule has 0 saturated carbocycles. The molecule has 8 heteroatoms. The molecule has 1 unspecified atom stereocenters. The molecule has 1 aromatic rings. The summed E-state index contributed by atoms with van der Waals surface area (Å²) in [6.45, 7) is 1.58. The smallest absolute Gasteiger partial charge is 0.287 e. The van der Waals surface area contributed by atoms with Gasteiger partial charge in [0.15, 0.2) is 5.76 Å². The van der Waals surface area contributed by atoms with Crippen LogP contribution in [0.1, 0.15) is 17.0 Å². The van der Waals surface area contributed by atoms with Gasteiger partial charge in [-0.3, -0.25) is 4.79 Å². The van der Waals surface area contributed by atoms with Gasteiger partial charge in [0, 0.05) is 12.6 Å². The van der Waals surface area contributed by atoms with Gasteiger partial charge in [-0.2, -0.15) is 0 Å². The number of amides is 1. The first kappa shape index (κ1) is 13.1. The Labute approximate surface area is 105 Å². The van der Waals surface area contributed by atoms with Crippen molar-refractivity contribution in [2.75, 3.05) is 20.1 Å². The highest BCUT2D eigenvalue weighted by molar-refractivity contribution is 7.89. The lowest BCUT2D eigenvalue weighted by molar-refractivity contribution is 0.0906. The quantitative estimate of drug-likeness (QED) is 0.672. The molecule has 1 saturated heterocycles. The van der Waals surface area contributed by atoms with E-state index in [1.165, 1.54) is 19.2 Å². The van der Waals surface area contributed by atoms with Gasteiger partial charge in [0.2, 0.25) is 5.09 Å². The fraction of sp³-hybridized carbons (Fsp3) is 0.500. The van der Waals surface area contributed by atoms with Crippen LogP contribution in [0.3, 0.4) is 0 Å². The molecule has 1 fully saturated rings. The topological polar surface area (TPSA) is 100 Å². The van der Waals surface area contributed by atoms with Gasteiger partial charge in [0.25, 0.3) is 15.9 Å². The number of furan rings is 1. The second-order valence-corrected chi connectivity index (χ2v) is 5.81. The number of rotatable bonds is 4. The largest absolute Gasteiger partial charge is 0.438 e. The zero-order valence-electron chi connectivity index (χ0n) is 9.89. The summed E-state index contributed by atoms with van der Waals surface area (Å²) in [5, 5.41) is 5.62. The predicted octanol–water partition coefficient (Wildman–Crippen LogP) is -0.721. The lowest BCUT2D eigenvalue weighted by Gasteiger charge is -2.09. The first-order valence-corrected chi connectivity index (χ1v) is 7.06. The fourth-order valence-corrected chi connectivity index (χ4v) is 2.37. The molecule has 0 aliphatic carbocycles. The maximum Gasteiger partial charge on any atom is 0.287 e. The minimum Gasteiger partial charge on any atom is -0.438 e. The van der Waals surface area contributed by atoms with E-state index in [1.807, 2.05) is 0 Å². The van der Waals surface area contributed by atoms with Crippen molar-refractivity contribution >= 4 is 15.9 Å². The lowest BCUT2D eigenvalue weighted by Crippen LogP contribution is -2.36. The van der Waals surface area contributed by atoms with E-state index in [0.29, 0.717) is 6.54 Å². The van der Waals surface area contributed by atoms with Crippen molar-refractivity contribution in [3.8, 4) is 0 Å². The van der Waals surface area contributed by atoms with Gasteiger partial charge in [0.05, 0.1) is 0 Å². The molecule has 1 aliphatic rings. The monoisotopic (exact) mass is 273 g/mol. The molecular formula is C10H15N3O4S. The second kappa shape index (κ2) is 5.09. The molecule has 1 aromatic heterocycles. The van der Waals surface area contributed by atoms with Crippen LogP contribution in [-0.2, 0) is 10.0 Å². The Bertz CT molecular complexity index is 531. The van der Waals surface area contributed by atoms with Crippen molar-refractivity contribution < 1.29 is 17.6 Å². The Kier molecular flexibility index (Phi) is 3.69. The van der Waals surface area contributed by atoms with Crippen molar-refractivity contribution in [2.45, 2.75) is 17.6 Å². The number of hydrogen-bond donors (Lipinski definition) is 3. The van der Waals surface area contributed by atoms with Gasteiger partial charge in [-0.25, -0.2) is 13.1 Å². The van der Waals surface area contributed by atoms with Gasteiger partial charge < -0.3 is 15.1 Å². The van der Waals surface area contributed by atoms with Gasteiger partial charge in [-0.1, -0.05) is 0 Å². The summed E-state index contributed by atoms with van der Waals surface area (Å²) < 4.78 is 30.0. The molecule has 1 aliphatic heterocycles. The molecule has 3 N–H and O–H groups in total. The molecule has 2 heterocycles. The zero-order valence-corrected chi connectivity index (χ0v) is 10.7. The van der Waals surface area contributed by atoms with E-state index < -0.39 is 15.9 Å². The predicted molar refractivity (Wildman–Crippen MR) is 63.7 cm³/mol. The van der Waals surface area contributed by atoms with E-state index in [1.54, 1.807) is 0 Å². The molecular weight excluding hydrogens is 258 g/mol. The number of nitrogens with one attached hydrogen (secondary N) is 3. The summed E-state index contributed by atoms with van der Waals surface area (Å²) in [6.07, 6.45) is 0.855. The molecule has 18 heavy (non-hydrogen) atoms. The van der Waals surface area contributed by atoms with Crippen LogP contribution in [0, 0.1) is 0 Å². The van der Waals surface area contributed by atoms with E-state index in [-0.39, 0.29) is 16.9 Å². The first-order valence-electron chi connectivity index (χ1n) is 5.58. The highest BCUT2D eigenvalue weighted by Crippen LogP contribution is 2.13. The van der Waals surface area contributed by atoms with Crippen LogP contribution in [-0.4, -0.2) is 40.5 Å². The van der Waals surface area contributed by atoms with Crippen LogP contribution in [0.2, 0.25) is 0 Å². The summed E-state index contributed by atoms with van der Waals surface area (Å²) in [4.78, 5) is 11.8. The Balaban J connectivity index is 2.07. The average Bonchev–Trinajstić information content (AvgIpc) is 2.99. The van der Waals surface area contributed by atoms with Crippen LogP contribution >= 0.6 is 0 Å². The van der Waals surface area contributed by atoms with Crippen molar-refractivity contribution in [2.24, 2.45) is 0 Å². The van der Waals surface area contributed by atoms with E-state index in [2.05, 4.69) is 15.4 Å². The Morgan fingerprint density at radius 3 is 2.89 bits per heavy atom. The third-order valence-corrected chi connectivity index (χ3v) is 4.02. The second-order valence-electron chi connectivity index (χ2n) is 3.99. The first-order chi connectivity index (χ1) is 8.53. The molecule has 2 rings (SSSR count). The van der Waals surface area contributed by atoms with Gasteiger partial charge >= 0.3 is 0 Å². The summed E-state index contributed by atoms with van der Waals surface area (Å²) in [7, 11) is -2.37. The number of sulfonamides is 1. The Hall–Kier alpha value is -1.38. The van der Waals surface area contributed by atoms with E-state index >= 15 is 0 Å². The fourth-order valence-electron chi connectivity index (χ4n) is 1.72. The van der Waals surface area contributed by atoms with Gasteiger partial charge in [-0.05, 0) is 32.1 Å². The molecule has 100 valence electrons. The summed E-state index contributed by atoms with van der Waals surface area (Å²) >= 11 is 0. The standard InChI is InChI=1S/C10H15N3O4S/c1-11-18(15,16)9-3-2-8(17-9)10(14)13-7-4-5-12-6-7/h2-3,7,11-12H,4-6H2,1H3,(H,13,14). The molecule has 0 aromatic carbocycles. The number of hydrogen-bond acceptors (Lipinski definition) is 5. The Morgan fingerprint density at radius 1 is 1.50 bits per heavy atom. The maximum absolute atomic E-state index is 11.8. The highest BCUT2D eigenvalue weighted by atomic mass is 32.2. The summed E-state index contributed by atoms with van der Waals surface area (Å²) in [5.74, 6) is -0.406. The van der Waals surface area contributed by atoms with Gasteiger partial charge in [-0.15, -0.1) is 0 Å². The molecule has 7 nitrogen and oxygen atoms in total. The van der Waals surface area contributed by atoms with Crippen molar-refractivity contribution in [1.29, 1.82) is 0 Å². The third kappa shape index (κ3) is 2.71. The summed E-state index contributed by atoms with van der Waals surface area (Å²) in [6, 6.07) is 2.67. The lowest BCUT2D eigenvalue weighted by atomic mass is 10.2. The van der Waals surface area contributed by atoms with Crippen LogP contribution in [0.25, 0.3) is 0 Å². The number of carbonyl (C=O) groups is 1. The minimum atomic E-state index is -3.65. The van der Waals surface area contributed by atoms with Gasteiger partial charge in [0.1, 0.15) is 0 Å². The Morgan fingerprint density at radius 2 is 2.28 bits per heavy atom.